The topological polar surface area (TPSA) is 133 Å². The number of non-ortho nitro benzene ring substituents is 1. The molecule has 2 amide bonds. The summed E-state index contributed by atoms with van der Waals surface area (Å²) >= 11 is 3.96. The molecule has 0 atom stereocenters. The third-order valence-electron chi connectivity index (χ3n) is 4.99. The summed E-state index contributed by atoms with van der Waals surface area (Å²) in [6.07, 6.45) is 1.38. The Bertz CT molecular complexity index is 1460. The highest BCUT2D eigenvalue weighted by atomic mass is 79.9. The molecular formula is C23H13BrFN3O7S. The van der Waals surface area contributed by atoms with E-state index in [0.29, 0.717) is 21.8 Å². The van der Waals surface area contributed by atoms with Gasteiger partial charge in [0, 0.05) is 21.7 Å². The summed E-state index contributed by atoms with van der Waals surface area (Å²) in [7, 11) is 0. The summed E-state index contributed by atoms with van der Waals surface area (Å²) in [5, 5.41) is 21.9. The minimum atomic E-state index is -0.811. The first-order valence-corrected chi connectivity index (χ1v) is 11.6. The van der Waals surface area contributed by atoms with Crippen LogP contribution >= 0.6 is 27.7 Å². The lowest BCUT2D eigenvalue weighted by atomic mass is 10.1. The zero-order valence-electron chi connectivity index (χ0n) is 17.9. The molecule has 0 aliphatic carbocycles. The van der Waals surface area contributed by atoms with Gasteiger partial charge in [-0.2, -0.15) is 0 Å². The maximum absolute atomic E-state index is 14.0. The molecule has 1 aliphatic rings. The zero-order valence-corrected chi connectivity index (χ0v) is 20.3. The van der Waals surface area contributed by atoms with Gasteiger partial charge < -0.3 is 4.74 Å². The molecule has 1 fully saturated rings. The van der Waals surface area contributed by atoms with Crippen molar-refractivity contribution in [3.05, 3.63) is 107 Å². The van der Waals surface area contributed by atoms with Gasteiger partial charge in [0.2, 0.25) is 5.75 Å². The summed E-state index contributed by atoms with van der Waals surface area (Å²) < 4.78 is 20.3. The molecule has 0 aromatic heterocycles. The monoisotopic (exact) mass is 573 g/mol. The van der Waals surface area contributed by atoms with E-state index in [1.165, 1.54) is 30.3 Å². The molecule has 3 aromatic rings. The molecule has 4 rings (SSSR count). The Kier molecular flexibility index (Phi) is 7.12. The van der Waals surface area contributed by atoms with Gasteiger partial charge in [-0.1, -0.05) is 34.1 Å². The van der Waals surface area contributed by atoms with Crippen molar-refractivity contribution < 1.29 is 28.6 Å². The number of nitrogens with zero attached hydrogens (tertiary/aromatic N) is 3. The lowest BCUT2D eigenvalue weighted by molar-refractivity contribution is -0.394. The highest BCUT2D eigenvalue weighted by Crippen LogP contribution is 2.39. The number of amides is 2. The maximum Gasteiger partial charge on any atom is 0.318 e. The van der Waals surface area contributed by atoms with Crippen LogP contribution in [0, 0.1) is 26.0 Å². The Labute approximate surface area is 214 Å². The quantitative estimate of drug-likeness (QED) is 0.179. The number of hydrogen-bond acceptors (Lipinski definition) is 8. The van der Waals surface area contributed by atoms with E-state index in [0.717, 1.165) is 23.1 Å². The number of imide groups is 1. The molecule has 0 saturated carbocycles. The Morgan fingerprint density at radius 3 is 2.42 bits per heavy atom. The smallest absolute Gasteiger partial charge is 0.318 e. The van der Waals surface area contributed by atoms with Crippen LogP contribution in [0.4, 0.5) is 20.6 Å². The van der Waals surface area contributed by atoms with Crippen LogP contribution in [0.25, 0.3) is 6.08 Å². The predicted octanol–water partition coefficient (Wildman–Crippen LogP) is 6.43. The lowest BCUT2D eigenvalue weighted by Gasteiger charge is -2.13. The second-order valence-corrected chi connectivity index (χ2v) is 9.22. The number of ether oxygens (including phenoxy) is 1. The molecule has 0 N–H and O–H groups in total. The van der Waals surface area contributed by atoms with Crippen LogP contribution in [0.1, 0.15) is 11.1 Å². The Morgan fingerprint density at radius 1 is 1.00 bits per heavy atom. The van der Waals surface area contributed by atoms with Crippen LogP contribution in [-0.4, -0.2) is 25.9 Å². The van der Waals surface area contributed by atoms with Crippen molar-refractivity contribution in [2.75, 3.05) is 0 Å². The summed E-state index contributed by atoms with van der Waals surface area (Å²) in [6.45, 7) is -0.245. The van der Waals surface area contributed by atoms with E-state index < -0.39 is 38.2 Å². The predicted molar refractivity (Wildman–Crippen MR) is 132 cm³/mol. The first-order valence-electron chi connectivity index (χ1n) is 10.0. The van der Waals surface area contributed by atoms with Gasteiger partial charge in [-0.15, -0.1) is 0 Å². The minimum absolute atomic E-state index is 0.0393. The van der Waals surface area contributed by atoms with Crippen molar-refractivity contribution in [1.29, 1.82) is 0 Å². The first-order chi connectivity index (χ1) is 17.1. The molecule has 0 unspecified atom stereocenters. The fourth-order valence-corrected chi connectivity index (χ4v) is 4.47. The largest absolute Gasteiger partial charge is 0.449 e. The molecule has 10 nitrogen and oxygen atoms in total. The van der Waals surface area contributed by atoms with E-state index in [4.69, 9.17) is 4.74 Å². The molecule has 1 saturated heterocycles. The van der Waals surface area contributed by atoms with Gasteiger partial charge in [0.1, 0.15) is 11.6 Å². The van der Waals surface area contributed by atoms with Gasteiger partial charge in [0.25, 0.3) is 16.8 Å². The van der Waals surface area contributed by atoms with Crippen LogP contribution in [0.15, 0.2) is 70.0 Å². The van der Waals surface area contributed by atoms with Crippen molar-refractivity contribution >= 4 is 56.3 Å². The number of nitro benzene ring substituents is 2. The molecule has 13 heteroatoms. The van der Waals surface area contributed by atoms with E-state index in [2.05, 4.69) is 15.9 Å². The Balaban J connectivity index is 1.66. The zero-order chi connectivity index (χ0) is 26.0. The minimum Gasteiger partial charge on any atom is -0.449 e. The molecule has 3 aromatic carbocycles. The van der Waals surface area contributed by atoms with Gasteiger partial charge in [0.05, 0.1) is 27.4 Å². The van der Waals surface area contributed by atoms with Gasteiger partial charge in [-0.05, 0) is 48.2 Å². The first kappa shape index (κ1) is 25.0. The molecule has 1 aliphatic heterocycles. The van der Waals surface area contributed by atoms with Gasteiger partial charge in [0.15, 0.2) is 0 Å². The molecule has 1 heterocycles. The number of hydrogen-bond donors (Lipinski definition) is 0. The third-order valence-corrected chi connectivity index (χ3v) is 6.39. The van der Waals surface area contributed by atoms with Crippen molar-refractivity contribution in [3.63, 3.8) is 0 Å². The van der Waals surface area contributed by atoms with Gasteiger partial charge in [-0.3, -0.25) is 34.7 Å². The average molecular weight is 574 g/mol. The summed E-state index contributed by atoms with van der Waals surface area (Å²) in [5.74, 6) is -1.35. The molecule has 0 spiro atoms. The van der Waals surface area contributed by atoms with Crippen molar-refractivity contribution in [1.82, 2.24) is 4.90 Å². The van der Waals surface area contributed by atoms with Crippen LogP contribution < -0.4 is 4.74 Å². The highest BCUT2D eigenvalue weighted by molar-refractivity contribution is 9.10. The van der Waals surface area contributed by atoms with Gasteiger partial charge in [-0.25, -0.2) is 4.39 Å². The fourth-order valence-electron chi connectivity index (χ4n) is 3.27. The number of carbonyl (C=O) groups excluding carboxylic acids is 2. The van der Waals surface area contributed by atoms with Crippen LogP contribution in [0.5, 0.6) is 11.5 Å². The number of carbonyl (C=O) groups is 2. The molecule has 0 radical (unpaired) electrons. The van der Waals surface area contributed by atoms with Crippen molar-refractivity contribution in [2.45, 2.75) is 6.54 Å². The van der Waals surface area contributed by atoms with Crippen LogP contribution in [-0.2, 0) is 11.3 Å². The number of halogens is 2. The molecular weight excluding hydrogens is 561 g/mol. The number of rotatable bonds is 7. The van der Waals surface area contributed by atoms with E-state index in [1.54, 1.807) is 18.2 Å². The van der Waals surface area contributed by atoms with Crippen molar-refractivity contribution in [3.8, 4) is 11.5 Å². The highest BCUT2D eigenvalue weighted by Gasteiger charge is 2.35. The second kappa shape index (κ2) is 10.3. The fraction of sp³-hybridized carbons (Fsp3) is 0.0435. The summed E-state index contributed by atoms with van der Waals surface area (Å²) in [4.78, 5) is 47.2. The summed E-state index contributed by atoms with van der Waals surface area (Å²) in [6, 6.07) is 13.4. The molecule has 182 valence electrons. The second-order valence-electron chi connectivity index (χ2n) is 7.31. The third kappa shape index (κ3) is 5.26. The van der Waals surface area contributed by atoms with Crippen LogP contribution in [0.2, 0.25) is 0 Å². The molecule has 0 bridgehead atoms. The number of thioether (sulfide) groups is 1. The van der Waals surface area contributed by atoms with E-state index in [1.807, 2.05) is 0 Å². The number of benzene rings is 3. The molecule has 36 heavy (non-hydrogen) atoms. The summed E-state index contributed by atoms with van der Waals surface area (Å²) in [5.41, 5.74) is -0.622. The van der Waals surface area contributed by atoms with Crippen molar-refractivity contribution in [2.24, 2.45) is 0 Å². The average Bonchev–Trinajstić information content (AvgIpc) is 3.09. The normalized spacial score (nSPS) is 14.4. The lowest BCUT2D eigenvalue weighted by Crippen LogP contribution is -2.27. The van der Waals surface area contributed by atoms with E-state index in [-0.39, 0.29) is 28.5 Å². The van der Waals surface area contributed by atoms with Gasteiger partial charge >= 0.3 is 5.69 Å². The Morgan fingerprint density at radius 2 is 1.72 bits per heavy atom. The maximum atomic E-state index is 14.0. The standard InChI is InChI=1S/C23H13BrFN3O7S/c24-15-5-7-19(35-20-8-6-16(27(31)32)11-18(20)28(33)34)14(9-15)10-21-22(29)26(23(30)36-21)12-13-3-1-2-4-17(13)25/h1-11H,12H2/b21-10-. The van der Waals surface area contributed by atoms with E-state index in [9.17, 15) is 34.2 Å². The Hall–Kier alpha value is -4.10. The number of nitro groups is 2. The SMILES string of the molecule is O=C1S/C(=C\c2cc(Br)ccc2Oc2ccc([N+](=O)[O-])cc2[N+](=O)[O-])C(=O)N1Cc1ccccc1F. The van der Waals surface area contributed by atoms with Crippen LogP contribution in [0.3, 0.4) is 0 Å². The van der Waals surface area contributed by atoms with E-state index >= 15 is 0 Å².